The third kappa shape index (κ3) is 3.48. The summed E-state index contributed by atoms with van der Waals surface area (Å²) in [7, 11) is 0. The standard InChI is InChI=1S/C18H19NO2/c20-17-9-7-16(8-10-17)19-18(21)12-13-5-6-14-3-1-2-4-15(14)11-13/h1-6,11,16H,7-10,12H2,(H,19,21). The van der Waals surface area contributed by atoms with Crippen molar-refractivity contribution in [2.45, 2.75) is 38.1 Å². The Labute approximate surface area is 124 Å². The first-order valence-electron chi connectivity index (χ1n) is 7.49. The fraction of sp³-hybridized carbons (Fsp3) is 0.333. The Hall–Kier alpha value is -2.16. The number of benzene rings is 2. The smallest absolute Gasteiger partial charge is 0.224 e. The van der Waals surface area contributed by atoms with Crippen LogP contribution in [0.3, 0.4) is 0 Å². The largest absolute Gasteiger partial charge is 0.353 e. The van der Waals surface area contributed by atoms with Gasteiger partial charge in [-0.1, -0.05) is 42.5 Å². The molecule has 1 N–H and O–H groups in total. The van der Waals surface area contributed by atoms with E-state index in [1.807, 2.05) is 18.2 Å². The molecule has 3 nitrogen and oxygen atoms in total. The van der Waals surface area contributed by atoms with Gasteiger partial charge in [0.05, 0.1) is 6.42 Å². The molecule has 2 aromatic rings. The summed E-state index contributed by atoms with van der Waals surface area (Å²) in [5.74, 6) is 0.361. The summed E-state index contributed by atoms with van der Waals surface area (Å²) in [6.45, 7) is 0. The summed E-state index contributed by atoms with van der Waals surface area (Å²) in [6, 6.07) is 14.4. The van der Waals surface area contributed by atoms with Gasteiger partial charge >= 0.3 is 0 Å². The lowest BCUT2D eigenvalue weighted by atomic mass is 9.94. The third-order valence-corrected chi connectivity index (χ3v) is 4.09. The van der Waals surface area contributed by atoms with Gasteiger partial charge in [-0.15, -0.1) is 0 Å². The van der Waals surface area contributed by atoms with E-state index in [4.69, 9.17) is 0 Å². The van der Waals surface area contributed by atoms with Crippen molar-refractivity contribution < 1.29 is 9.59 Å². The molecule has 108 valence electrons. The minimum atomic E-state index is 0.0460. The van der Waals surface area contributed by atoms with Crippen LogP contribution in [-0.2, 0) is 16.0 Å². The maximum atomic E-state index is 12.1. The van der Waals surface area contributed by atoms with Crippen molar-refractivity contribution in [1.29, 1.82) is 0 Å². The Kier molecular flexibility index (Phi) is 4.00. The average molecular weight is 281 g/mol. The predicted molar refractivity (Wildman–Crippen MR) is 83.1 cm³/mol. The van der Waals surface area contributed by atoms with Crippen LogP contribution in [0, 0.1) is 0 Å². The molecule has 3 heteroatoms. The topological polar surface area (TPSA) is 46.2 Å². The SMILES string of the molecule is O=C1CCC(NC(=O)Cc2ccc3ccccc3c2)CC1. The number of amides is 1. The molecule has 1 amide bonds. The lowest BCUT2D eigenvalue weighted by Gasteiger charge is -2.22. The van der Waals surface area contributed by atoms with E-state index in [2.05, 4.69) is 29.6 Å². The molecule has 2 aromatic carbocycles. The molecule has 0 radical (unpaired) electrons. The molecule has 0 aliphatic heterocycles. The van der Waals surface area contributed by atoms with Gasteiger partial charge in [0.15, 0.2) is 0 Å². The Morgan fingerprint density at radius 3 is 2.52 bits per heavy atom. The second-order valence-electron chi connectivity index (χ2n) is 5.74. The van der Waals surface area contributed by atoms with Crippen molar-refractivity contribution in [3.63, 3.8) is 0 Å². The maximum Gasteiger partial charge on any atom is 0.224 e. The second-order valence-corrected chi connectivity index (χ2v) is 5.74. The zero-order valence-electron chi connectivity index (χ0n) is 12.0. The van der Waals surface area contributed by atoms with Crippen molar-refractivity contribution in [3.05, 3.63) is 48.0 Å². The molecule has 0 aromatic heterocycles. The summed E-state index contributed by atoms with van der Waals surface area (Å²) in [5, 5.41) is 5.39. The van der Waals surface area contributed by atoms with E-state index in [9.17, 15) is 9.59 Å². The second kappa shape index (κ2) is 6.08. The Balaban J connectivity index is 1.62. The van der Waals surface area contributed by atoms with Gasteiger partial charge in [-0.25, -0.2) is 0 Å². The first kappa shape index (κ1) is 13.8. The number of fused-ring (bicyclic) bond motifs is 1. The molecule has 0 spiro atoms. The van der Waals surface area contributed by atoms with Gasteiger partial charge in [-0.2, -0.15) is 0 Å². The summed E-state index contributed by atoms with van der Waals surface area (Å²) < 4.78 is 0. The number of rotatable bonds is 3. The molecule has 0 heterocycles. The molecule has 21 heavy (non-hydrogen) atoms. The van der Waals surface area contributed by atoms with E-state index in [-0.39, 0.29) is 11.9 Å². The molecule has 0 unspecified atom stereocenters. The molecule has 1 aliphatic rings. The van der Waals surface area contributed by atoms with E-state index in [1.165, 1.54) is 5.39 Å². The lowest BCUT2D eigenvalue weighted by Crippen LogP contribution is -2.38. The van der Waals surface area contributed by atoms with E-state index in [0.29, 0.717) is 25.0 Å². The van der Waals surface area contributed by atoms with Crippen LogP contribution in [0.2, 0.25) is 0 Å². The number of hydrogen-bond acceptors (Lipinski definition) is 2. The molecule has 3 rings (SSSR count). The van der Waals surface area contributed by atoms with Crippen LogP contribution in [0.4, 0.5) is 0 Å². The zero-order valence-corrected chi connectivity index (χ0v) is 12.0. The van der Waals surface area contributed by atoms with E-state index in [1.54, 1.807) is 0 Å². The van der Waals surface area contributed by atoms with E-state index < -0.39 is 0 Å². The highest BCUT2D eigenvalue weighted by molar-refractivity contribution is 5.85. The van der Waals surface area contributed by atoms with Crippen molar-refractivity contribution in [2.75, 3.05) is 0 Å². The normalized spacial score (nSPS) is 16.1. The third-order valence-electron chi connectivity index (χ3n) is 4.09. The molecule has 1 fully saturated rings. The lowest BCUT2D eigenvalue weighted by molar-refractivity contribution is -0.124. The number of Topliss-reactive ketones (excluding diaryl/α,β-unsaturated/α-hetero) is 1. The highest BCUT2D eigenvalue weighted by Crippen LogP contribution is 2.17. The minimum absolute atomic E-state index is 0.0460. The number of hydrogen-bond donors (Lipinski definition) is 1. The maximum absolute atomic E-state index is 12.1. The summed E-state index contributed by atoms with van der Waals surface area (Å²) >= 11 is 0. The predicted octanol–water partition coefficient (Wildman–Crippen LogP) is 3.01. The summed E-state index contributed by atoms with van der Waals surface area (Å²) in [5.41, 5.74) is 1.03. The van der Waals surface area contributed by atoms with Crippen molar-refractivity contribution >= 4 is 22.5 Å². The fourth-order valence-corrected chi connectivity index (χ4v) is 2.90. The van der Waals surface area contributed by atoms with E-state index in [0.717, 1.165) is 23.8 Å². The van der Waals surface area contributed by atoms with Gasteiger partial charge < -0.3 is 5.32 Å². The molecule has 0 saturated heterocycles. The van der Waals surface area contributed by atoms with Crippen LogP contribution in [0.1, 0.15) is 31.2 Å². The van der Waals surface area contributed by atoms with Crippen molar-refractivity contribution in [3.8, 4) is 0 Å². The number of carbonyl (C=O) groups excluding carboxylic acids is 2. The van der Waals surface area contributed by atoms with Gasteiger partial charge in [0.2, 0.25) is 5.91 Å². The highest BCUT2D eigenvalue weighted by Gasteiger charge is 2.20. The molecule has 1 aliphatic carbocycles. The van der Waals surface area contributed by atoms with Gasteiger partial charge in [-0.3, -0.25) is 9.59 Å². The van der Waals surface area contributed by atoms with Gasteiger partial charge in [0, 0.05) is 18.9 Å². The van der Waals surface area contributed by atoms with Crippen LogP contribution in [-0.4, -0.2) is 17.7 Å². The number of ketones is 1. The number of carbonyl (C=O) groups is 2. The summed E-state index contributed by atoms with van der Waals surface area (Å²) in [4.78, 5) is 23.3. The van der Waals surface area contributed by atoms with Crippen LogP contribution < -0.4 is 5.32 Å². The first-order valence-corrected chi connectivity index (χ1v) is 7.49. The van der Waals surface area contributed by atoms with Crippen LogP contribution >= 0.6 is 0 Å². The Morgan fingerprint density at radius 2 is 1.76 bits per heavy atom. The number of nitrogens with one attached hydrogen (secondary N) is 1. The van der Waals surface area contributed by atoms with Crippen molar-refractivity contribution in [1.82, 2.24) is 5.32 Å². The molecular weight excluding hydrogens is 262 g/mol. The molecule has 0 atom stereocenters. The van der Waals surface area contributed by atoms with Gasteiger partial charge in [-0.05, 0) is 29.2 Å². The van der Waals surface area contributed by atoms with E-state index >= 15 is 0 Å². The average Bonchev–Trinajstić information content (AvgIpc) is 2.49. The highest BCUT2D eigenvalue weighted by atomic mass is 16.1. The van der Waals surface area contributed by atoms with Crippen LogP contribution in [0.25, 0.3) is 10.8 Å². The Morgan fingerprint density at radius 1 is 1.05 bits per heavy atom. The molecular formula is C18H19NO2. The van der Waals surface area contributed by atoms with Crippen molar-refractivity contribution in [2.24, 2.45) is 0 Å². The zero-order chi connectivity index (χ0) is 14.7. The van der Waals surface area contributed by atoms with Crippen LogP contribution in [0.15, 0.2) is 42.5 Å². The van der Waals surface area contributed by atoms with Gasteiger partial charge in [0.25, 0.3) is 0 Å². The minimum Gasteiger partial charge on any atom is -0.353 e. The van der Waals surface area contributed by atoms with Crippen LogP contribution in [0.5, 0.6) is 0 Å². The molecule has 0 bridgehead atoms. The summed E-state index contributed by atoms with van der Waals surface area (Å²) in [6.07, 6.45) is 3.15. The van der Waals surface area contributed by atoms with Gasteiger partial charge in [0.1, 0.15) is 5.78 Å². The fourth-order valence-electron chi connectivity index (χ4n) is 2.90. The monoisotopic (exact) mass is 281 g/mol. The Bertz CT molecular complexity index is 668. The molecule has 1 saturated carbocycles. The quantitative estimate of drug-likeness (QED) is 0.940. The first-order chi connectivity index (χ1) is 10.2.